The zero-order valence-electron chi connectivity index (χ0n) is 16.2. The molecule has 1 saturated heterocycles. The van der Waals surface area contributed by atoms with Crippen LogP contribution in [0.1, 0.15) is 11.6 Å². The van der Waals surface area contributed by atoms with Crippen LogP contribution in [-0.4, -0.2) is 61.0 Å². The Bertz CT molecular complexity index is 895. The fourth-order valence-electron chi connectivity index (χ4n) is 3.70. The third-order valence-electron chi connectivity index (χ3n) is 5.24. The van der Waals surface area contributed by atoms with E-state index in [1.54, 1.807) is 6.20 Å². The number of rotatable bonds is 3. The van der Waals surface area contributed by atoms with Gasteiger partial charge < -0.3 is 14.5 Å². The summed E-state index contributed by atoms with van der Waals surface area (Å²) in [5.41, 5.74) is 0.808. The number of benzene rings is 1. The number of pyridine rings is 1. The maximum absolute atomic E-state index is 12.8. The van der Waals surface area contributed by atoms with Gasteiger partial charge in [-0.1, -0.05) is 36.4 Å². The van der Waals surface area contributed by atoms with Gasteiger partial charge in [0.05, 0.1) is 7.11 Å². The summed E-state index contributed by atoms with van der Waals surface area (Å²) in [5.74, 6) is -0.526. The lowest BCUT2D eigenvalue weighted by Crippen LogP contribution is -2.57. The van der Waals surface area contributed by atoms with Gasteiger partial charge in [0, 0.05) is 32.4 Å². The number of nitrogens with zero attached hydrogens (tertiary/aromatic N) is 4. The van der Waals surface area contributed by atoms with Crippen molar-refractivity contribution in [1.29, 1.82) is 0 Å². The lowest BCUT2D eigenvalue weighted by Gasteiger charge is -2.39. The second kappa shape index (κ2) is 8.30. The summed E-state index contributed by atoms with van der Waals surface area (Å²) in [7, 11) is 1.29. The summed E-state index contributed by atoms with van der Waals surface area (Å²) in [4.78, 5) is 38.4. The lowest BCUT2D eigenvalue weighted by molar-refractivity contribution is -0.151. The number of hydrogen-bond donors (Lipinski definition) is 1. The van der Waals surface area contributed by atoms with Crippen molar-refractivity contribution in [1.82, 2.24) is 15.2 Å². The Balaban J connectivity index is 1.55. The Morgan fingerprint density at radius 1 is 1.03 bits per heavy atom. The van der Waals surface area contributed by atoms with Gasteiger partial charge in [-0.15, -0.1) is 0 Å². The van der Waals surface area contributed by atoms with Gasteiger partial charge in [-0.2, -0.15) is 0 Å². The summed E-state index contributed by atoms with van der Waals surface area (Å²) in [6.45, 7) is 2.92. The molecule has 3 heterocycles. The van der Waals surface area contributed by atoms with Crippen LogP contribution in [0.25, 0.3) is 0 Å². The second-order valence-corrected chi connectivity index (χ2v) is 6.96. The first-order chi connectivity index (χ1) is 14.2. The van der Waals surface area contributed by atoms with E-state index in [0.717, 1.165) is 24.5 Å². The first kappa shape index (κ1) is 18.9. The molecular weight excluding hydrogens is 370 g/mol. The molecule has 150 valence electrons. The zero-order valence-corrected chi connectivity index (χ0v) is 16.2. The number of carbonyl (C=O) groups is 2. The van der Waals surface area contributed by atoms with E-state index in [4.69, 9.17) is 9.73 Å². The highest BCUT2D eigenvalue weighted by molar-refractivity contribution is 6.08. The average molecular weight is 393 g/mol. The predicted octanol–water partition coefficient (Wildman–Crippen LogP) is 1.22. The molecular formula is C21H23N5O3. The van der Waals surface area contributed by atoms with Crippen LogP contribution in [0.3, 0.4) is 0 Å². The van der Waals surface area contributed by atoms with Gasteiger partial charge in [-0.3, -0.25) is 14.9 Å². The van der Waals surface area contributed by atoms with Crippen LogP contribution in [0.5, 0.6) is 0 Å². The fraction of sp³-hybridized carbons (Fsp3) is 0.333. The van der Waals surface area contributed by atoms with Crippen molar-refractivity contribution in [2.75, 3.05) is 38.2 Å². The molecule has 2 aliphatic rings. The van der Waals surface area contributed by atoms with Crippen LogP contribution in [-0.2, 0) is 14.3 Å². The van der Waals surface area contributed by atoms with Crippen molar-refractivity contribution in [2.45, 2.75) is 6.04 Å². The number of esters is 1. The molecule has 2 atom stereocenters. The maximum atomic E-state index is 12.8. The summed E-state index contributed by atoms with van der Waals surface area (Å²) in [5, 5.41) is 2.81. The highest BCUT2D eigenvalue weighted by Gasteiger charge is 2.41. The number of ether oxygens (including phenoxy) is 1. The van der Waals surface area contributed by atoms with Gasteiger partial charge in [0.1, 0.15) is 11.9 Å². The fourth-order valence-corrected chi connectivity index (χ4v) is 3.70. The molecule has 0 radical (unpaired) electrons. The number of anilines is 1. The van der Waals surface area contributed by atoms with Crippen LogP contribution in [0.2, 0.25) is 0 Å². The van der Waals surface area contributed by atoms with Crippen LogP contribution in [0.4, 0.5) is 5.82 Å². The minimum absolute atomic E-state index is 0.386. The Kier molecular flexibility index (Phi) is 5.41. The minimum Gasteiger partial charge on any atom is -0.468 e. The van der Waals surface area contributed by atoms with Crippen LogP contribution in [0, 0.1) is 5.92 Å². The van der Waals surface area contributed by atoms with Crippen molar-refractivity contribution in [2.24, 2.45) is 10.9 Å². The van der Waals surface area contributed by atoms with E-state index in [1.165, 1.54) is 7.11 Å². The van der Waals surface area contributed by atoms with Gasteiger partial charge in [0.25, 0.3) is 0 Å². The molecule has 29 heavy (non-hydrogen) atoms. The number of nitrogens with one attached hydrogen (secondary N) is 1. The topological polar surface area (TPSA) is 87.1 Å². The smallest absolute Gasteiger partial charge is 0.320 e. The molecule has 2 aliphatic heterocycles. The van der Waals surface area contributed by atoms with Crippen molar-refractivity contribution < 1.29 is 14.3 Å². The normalized spacial score (nSPS) is 22.0. The standard InChI is InChI=1S/C21H23N5O3/c1-29-20(28)17-18(15-7-3-2-4-8-15)23-21(24-19(17)27)26-13-11-25(12-14-26)16-9-5-6-10-22-16/h2-10,17-18H,11-14H2,1H3,(H,23,24,27)/t17-,18+/m1/s1. The first-order valence-corrected chi connectivity index (χ1v) is 9.60. The molecule has 1 aromatic heterocycles. The number of carbonyl (C=O) groups excluding carboxylic acids is 2. The largest absolute Gasteiger partial charge is 0.468 e. The highest BCUT2D eigenvalue weighted by Crippen LogP contribution is 2.30. The Morgan fingerprint density at radius 3 is 2.38 bits per heavy atom. The lowest BCUT2D eigenvalue weighted by atomic mass is 9.91. The monoisotopic (exact) mass is 393 g/mol. The van der Waals surface area contributed by atoms with E-state index in [1.807, 2.05) is 53.4 Å². The second-order valence-electron chi connectivity index (χ2n) is 6.96. The number of amides is 1. The van der Waals surface area contributed by atoms with E-state index in [-0.39, 0.29) is 5.91 Å². The number of guanidine groups is 1. The van der Waals surface area contributed by atoms with Crippen LogP contribution in [0.15, 0.2) is 59.7 Å². The third-order valence-corrected chi connectivity index (χ3v) is 5.24. The molecule has 0 bridgehead atoms. The van der Waals surface area contributed by atoms with E-state index in [2.05, 4.69) is 15.2 Å². The zero-order chi connectivity index (χ0) is 20.2. The van der Waals surface area contributed by atoms with E-state index >= 15 is 0 Å². The van der Waals surface area contributed by atoms with Gasteiger partial charge in [-0.05, 0) is 17.7 Å². The maximum Gasteiger partial charge on any atom is 0.320 e. The Hall–Kier alpha value is -3.42. The van der Waals surface area contributed by atoms with E-state index in [9.17, 15) is 9.59 Å². The van der Waals surface area contributed by atoms with Gasteiger partial charge in [-0.25, -0.2) is 9.98 Å². The van der Waals surface area contributed by atoms with Crippen molar-refractivity contribution in [3.63, 3.8) is 0 Å². The number of aliphatic imine (C=N–C) groups is 1. The summed E-state index contributed by atoms with van der Waals surface area (Å²) >= 11 is 0. The van der Waals surface area contributed by atoms with Gasteiger partial charge >= 0.3 is 5.97 Å². The molecule has 2 aromatic rings. The molecule has 0 unspecified atom stereocenters. The summed E-state index contributed by atoms with van der Waals surface area (Å²) in [6.07, 6.45) is 1.78. The molecule has 0 aliphatic carbocycles. The molecule has 0 spiro atoms. The number of piperazine rings is 1. The van der Waals surface area contributed by atoms with E-state index in [0.29, 0.717) is 19.0 Å². The van der Waals surface area contributed by atoms with E-state index < -0.39 is 17.9 Å². The molecule has 1 N–H and O–H groups in total. The molecule has 1 fully saturated rings. The van der Waals surface area contributed by atoms with Gasteiger partial charge in [0.15, 0.2) is 5.92 Å². The van der Waals surface area contributed by atoms with Crippen molar-refractivity contribution in [3.05, 3.63) is 60.3 Å². The number of hydrogen-bond acceptors (Lipinski definition) is 7. The average Bonchev–Trinajstić information content (AvgIpc) is 2.79. The summed E-state index contributed by atoms with van der Waals surface area (Å²) in [6, 6.07) is 14.6. The molecule has 1 aromatic carbocycles. The minimum atomic E-state index is -0.999. The number of aromatic nitrogens is 1. The van der Waals surface area contributed by atoms with Crippen molar-refractivity contribution >= 4 is 23.7 Å². The number of methoxy groups -OCH3 is 1. The Morgan fingerprint density at radius 2 is 1.72 bits per heavy atom. The quantitative estimate of drug-likeness (QED) is 0.623. The van der Waals surface area contributed by atoms with Crippen LogP contribution < -0.4 is 10.2 Å². The van der Waals surface area contributed by atoms with Crippen LogP contribution >= 0.6 is 0 Å². The van der Waals surface area contributed by atoms with Crippen molar-refractivity contribution in [3.8, 4) is 0 Å². The third kappa shape index (κ3) is 3.91. The SMILES string of the molecule is COC(=O)[C@H]1C(=O)NC(N2CCN(c3ccccn3)CC2)=N[C@H]1c1ccccc1. The first-order valence-electron chi connectivity index (χ1n) is 9.60. The molecule has 4 rings (SSSR count). The molecule has 0 saturated carbocycles. The predicted molar refractivity (Wildman–Crippen MR) is 108 cm³/mol. The molecule has 8 nitrogen and oxygen atoms in total. The van der Waals surface area contributed by atoms with Gasteiger partial charge in [0.2, 0.25) is 11.9 Å². The molecule has 8 heteroatoms. The molecule has 1 amide bonds. The summed E-state index contributed by atoms with van der Waals surface area (Å²) < 4.78 is 4.86. The highest BCUT2D eigenvalue weighted by atomic mass is 16.5. The Labute approximate surface area is 169 Å².